The number of aryl methyl sites for hydroxylation is 1. The number of carbonyl (C=O) groups excluding carboxylic acids is 1. The Hall–Kier alpha value is -3.28. The largest absolute Gasteiger partial charge is 0.322 e. The minimum absolute atomic E-state index is 0.0256. The van der Waals surface area contributed by atoms with Gasteiger partial charge in [0.05, 0.1) is 25.7 Å². The van der Waals surface area contributed by atoms with Gasteiger partial charge in [0.1, 0.15) is 4.90 Å². The number of carbonyl (C=O) groups is 1. The molecule has 39 heavy (non-hydrogen) atoms. The Morgan fingerprint density at radius 3 is 2.00 bits per heavy atom. The maximum absolute atomic E-state index is 12.9. The van der Waals surface area contributed by atoms with Crippen LogP contribution in [0.15, 0.2) is 94.7 Å². The molecule has 202 valence electrons. The van der Waals surface area contributed by atoms with Gasteiger partial charge >= 0.3 is 0 Å². The van der Waals surface area contributed by atoms with Crippen molar-refractivity contribution in [2.45, 2.75) is 16.7 Å². The maximum atomic E-state index is 12.9. The van der Waals surface area contributed by atoms with Gasteiger partial charge in [-0.25, -0.2) is 16.8 Å². The molecule has 0 radical (unpaired) electrons. The summed E-state index contributed by atoms with van der Waals surface area (Å²) in [7, 11) is -8.09. The molecule has 0 saturated carbocycles. The number of nitrogens with one attached hydrogen (secondary N) is 3. The van der Waals surface area contributed by atoms with Crippen LogP contribution in [0.25, 0.3) is 0 Å². The van der Waals surface area contributed by atoms with E-state index >= 15 is 0 Å². The molecular formula is C26H20Cl3N3O5S2. The van der Waals surface area contributed by atoms with Gasteiger partial charge in [-0.3, -0.25) is 14.2 Å². The number of sulfonamides is 2. The number of benzene rings is 4. The molecule has 8 nitrogen and oxygen atoms in total. The average Bonchev–Trinajstić information content (AvgIpc) is 2.88. The molecule has 4 aromatic rings. The van der Waals surface area contributed by atoms with Crippen molar-refractivity contribution in [1.82, 2.24) is 0 Å². The third-order valence-electron chi connectivity index (χ3n) is 5.41. The number of amides is 1. The molecular weight excluding hydrogens is 605 g/mol. The number of hydrogen-bond donors (Lipinski definition) is 3. The third kappa shape index (κ3) is 6.84. The lowest BCUT2D eigenvalue weighted by Crippen LogP contribution is -2.17. The second-order valence-corrected chi connectivity index (χ2v) is 12.8. The quantitative estimate of drug-likeness (QED) is 0.199. The van der Waals surface area contributed by atoms with Crippen LogP contribution in [0.2, 0.25) is 15.1 Å². The second kappa shape index (κ2) is 11.4. The van der Waals surface area contributed by atoms with E-state index in [1.165, 1.54) is 48.5 Å². The van der Waals surface area contributed by atoms with E-state index in [4.69, 9.17) is 34.8 Å². The minimum Gasteiger partial charge on any atom is -0.322 e. The van der Waals surface area contributed by atoms with Gasteiger partial charge in [-0.05, 0) is 73.7 Å². The van der Waals surface area contributed by atoms with Crippen LogP contribution >= 0.6 is 34.8 Å². The summed E-state index contributed by atoms with van der Waals surface area (Å²) < 4.78 is 56.2. The van der Waals surface area contributed by atoms with Crippen molar-refractivity contribution in [2.75, 3.05) is 14.8 Å². The van der Waals surface area contributed by atoms with Crippen molar-refractivity contribution in [3.8, 4) is 0 Å². The first kappa shape index (κ1) is 28.7. The molecule has 0 aromatic heterocycles. The fraction of sp³-hybridized carbons (Fsp3) is 0.0385. The molecule has 0 aliphatic heterocycles. The molecule has 0 bridgehead atoms. The van der Waals surface area contributed by atoms with E-state index in [1.807, 2.05) is 6.92 Å². The smallest absolute Gasteiger partial charge is 0.263 e. The summed E-state index contributed by atoms with van der Waals surface area (Å²) >= 11 is 18.2. The van der Waals surface area contributed by atoms with Gasteiger partial charge in [0.2, 0.25) is 0 Å². The van der Waals surface area contributed by atoms with Gasteiger partial charge in [-0.2, -0.15) is 0 Å². The Kier molecular flexibility index (Phi) is 8.43. The van der Waals surface area contributed by atoms with Gasteiger partial charge < -0.3 is 5.32 Å². The Morgan fingerprint density at radius 1 is 0.692 bits per heavy atom. The van der Waals surface area contributed by atoms with Crippen molar-refractivity contribution in [3.05, 3.63) is 111 Å². The normalized spacial score (nSPS) is 11.6. The maximum Gasteiger partial charge on any atom is 0.263 e. The lowest BCUT2D eigenvalue weighted by Gasteiger charge is -2.12. The molecule has 0 unspecified atom stereocenters. The number of halogens is 3. The highest BCUT2D eigenvalue weighted by Gasteiger charge is 2.21. The van der Waals surface area contributed by atoms with Gasteiger partial charge in [0.25, 0.3) is 26.0 Å². The lowest BCUT2D eigenvalue weighted by molar-refractivity contribution is 0.102. The predicted octanol–water partition coefficient (Wildman–Crippen LogP) is 6.81. The zero-order valence-corrected chi connectivity index (χ0v) is 24.0. The Balaban J connectivity index is 1.50. The molecule has 0 heterocycles. The zero-order chi connectivity index (χ0) is 28.4. The topological polar surface area (TPSA) is 121 Å². The van der Waals surface area contributed by atoms with E-state index in [2.05, 4.69) is 14.8 Å². The van der Waals surface area contributed by atoms with E-state index in [9.17, 15) is 21.6 Å². The zero-order valence-electron chi connectivity index (χ0n) is 20.1. The van der Waals surface area contributed by atoms with E-state index in [0.29, 0.717) is 5.69 Å². The SMILES string of the molecule is Cc1ccc(NS(=O)(=O)c2cc(C(=O)Nc3ccc(S(=O)(=O)Nc4cccc(Cl)c4Cl)cc3)ccc2Cl)cc1. The van der Waals surface area contributed by atoms with Crippen LogP contribution in [0.5, 0.6) is 0 Å². The number of rotatable bonds is 8. The summed E-state index contributed by atoms with van der Waals surface area (Å²) in [6.45, 7) is 1.87. The first-order valence-electron chi connectivity index (χ1n) is 11.1. The first-order chi connectivity index (χ1) is 18.4. The van der Waals surface area contributed by atoms with Crippen LogP contribution in [0.3, 0.4) is 0 Å². The van der Waals surface area contributed by atoms with E-state index < -0.39 is 26.0 Å². The monoisotopic (exact) mass is 623 g/mol. The van der Waals surface area contributed by atoms with Crippen LogP contribution in [-0.2, 0) is 20.0 Å². The average molecular weight is 625 g/mol. The first-order valence-corrected chi connectivity index (χ1v) is 15.2. The second-order valence-electron chi connectivity index (χ2n) is 8.30. The molecule has 0 atom stereocenters. The molecule has 0 saturated heterocycles. The van der Waals surface area contributed by atoms with Gasteiger partial charge in [0, 0.05) is 16.9 Å². The number of anilines is 3. The molecule has 13 heteroatoms. The summed E-state index contributed by atoms with van der Waals surface area (Å²) in [5.41, 5.74) is 1.72. The summed E-state index contributed by atoms with van der Waals surface area (Å²) in [5, 5.41) is 2.80. The molecule has 0 fully saturated rings. The minimum atomic E-state index is -4.09. The summed E-state index contributed by atoms with van der Waals surface area (Å²) in [6, 6.07) is 20.5. The fourth-order valence-corrected chi connectivity index (χ4v) is 6.45. The van der Waals surface area contributed by atoms with E-state index in [0.717, 1.165) is 11.6 Å². The van der Waals surface area contributed by atoms with Crippen molar-refractivity contribution in [3.63, 3.8) is 0 Å². The van der Waals surface area contributed by atoms with Crippen molar-refractivity contribution in [2.24, 2.45) is 0 Å². The molecule has 3 N–H and O–H groups in total. The molecule has 0 spiro atoms. The number of hydrogen-bond acceptors (Lipinski definition) is 5. The molecule has 0 aliphatic rings. The van der Waals surface area contributed by atoms with E-state index in [1.54, 1.807) is 30.3 Å². The van der Waals surface area contributed by atoms with Crippen LogP contribution in [-0.4, -0.2) is 22.7 Å². The summed E-state index contributed by atoms with van der Waals surface area (Å²) in [4.78, 5) is 12.5. The van der Waals surface area contributed by atoms with Crippen molar-refractivity contribution in [1.29, 1.82) is 0 Å². The van der Waals surface area contributed by atoms with Crippen LogP contribution in [0, 0.1) is 6.92 Å². The fourth-order valence-electron chi connectivity index (χ4n) is 3.39. The summed E-state index contributed by atoms with van der Waals surface area (Å²) in [6.07, 6.45) is 0. The predicted molar refractivity (Wildman–Crippen MR) is 155 cm³/mol. The summed E-state index contributed by atoms with van der Waals surface area (Å²) in [5.74, 6) is -0.627. The standard InChI is InChI=1S/C26H20Cl3N3O5S2/c1-16-5-8-19(9-6-16)31-39(36,37)24-15-17(7-14-21(24)27)26(33)30-18-10-12-20(13-11-18)38(34,35)32-23-4-2-3-22(28)25(23)29/h2-15,31-32H,1H3,(H,30,33). The Labute approximate surface area is 241 Å². The molecule has 4 rings (SSSR count). The van der Waals surface area contributed by atoms with Crippen molar-refractivity contribution >= 4 is 77.8 Å². The van der Waals surface area contributed by atoms with Gasteiger partial charge in [-0.15, -0.1) is 0 Å². The van der Waals surface area contributed by atoms with Crippen LogP contribution in [0.4, 0.5) is 17.1 Å². The molecule has 1 amide bonds. The third-order valence-corrected chi connectivity index (χ3v) is 9.47. The highest BCUT2D eigenvalue weighted by Crippen LogP contribution is 2.31. The van der Waals surface area contributed by atoms with Gasteiger partial charge in [-0.1, -0.05) is 58.6 Å². The lowest BCUT2D eigenvalue weighted by atomic mass is 10.2. The highest BCUT2D eigenvalue weighted by atomic mass is 35.5. The Bertz CT molecular complexity index is 1760. The molecule has 4 aromatic carbocycles. The Morgan fingerprint density at radius 2 is 1.33 bits per heavy atom. The van der Waals surface area contributed by atoms with Crippen LogP contribution in [0.1, 0.15) is 15.9 Å². The highest BCUT2D eigenvalue weighted by molar-refractivity contribution is 7.93. The van der Waals surface area contributed by atoms with Crippen molar-refractivity contribution < 1.29 is 21.6 Å². The molecule has 0 aliphatic carbocycles. The van der Waals surface area contributed by atoms with E-state index in [-0.39, 0.29) is 41.8 Å². The van der Waals surface area contributed by atoms with Crippen LogP contribution < -0.4 is 14.8 Å². The van der Waals surface area contributed by atoms with Gasteiger partial charge in [0.15, 0.2) is 0 Å².